The summed E-state index contributed by atoms with van der Waals surface area (Å²) in [5.41, 5.74) is 0.550. The topological polar surface area (TPSA) is 55.8 Å². The zero-order valence-corrected chi connectivity index (χ0v) is 9.62. The maximum atomic E-state index is 10.4. The van der Waals surface area contributed by atoms with Crippen molar-refractivity contribution < 1.29 is 19.4 Å². The van der Waals surface area contributed by atoms with E-state index in [-0.39, 0.29) is 0 Å². The van der Waals surface area contributed by atoms with Crippen LogP contribution in [0.25, 0.3) is 6.08 Å². The molecule has 0 bridgehead atoms. The third-order valence-electron chi connectivity index (χ3n) is 1.89. The Kier molecular flexibility index (Phi) is 4.19. The molecule has 0 spiro atoms. The third-order valence-corrected chi connectivity index (χ3v) is 2.17. The average Bonchev–Trinajstić information content (AvgIpc) is 2.25. The van der Waals surface area contributed by atoms with Gasteiger partial charge in [0.15, 0.2) is 0 Å². The second-order valence-corrected chi connectivity index (χ2v) is 3.31. The lowest BCUT2D eigenvalue weighted by molar-refractivity contribution is -0.131. The number of carbonyl (C=O) groups is 1. The van der Waals surface area contributed by atoms with Crippen molar-refractivity contribution in [2.45, 2.75) is 0 Å². The molecule has 1 aromatic rings. The highest BCUT2D eigenvalue weighted by Crippen LogP contribution is 2.33. The van der Waals surface area contributed by atoms with E-state index in [1.54, 1.807) is 12.1 Å². The molecule has 1 aromatic carbocycles. The van der Waals surface area contributed by atoms with E-state index in [1.807, 2.05) is 0 Å². The van der Waals surface area contributed by atoms with Crippen LogP contribution < -0.4 is 9.47 Å². The minimum atomic E-state index is -1.04. The number of ether oxygens (including phenoxy) is 2. The molecule has 5 heteroatoms. The van der Waals surface area contributed by atoms with Crippen LogP contribution in [0.1, 0.15) is 5.56 Å². The van der Waals surface area contributed by atoms with Crippen LogP contribution in [0.4, 0.5) is 0 Å². The lowest BCUT2D eigenvalue weighted by Gasteiger charge is -2.09. The number of rotatable bonds is 4. The van der Waals surface area contributed by atoms with Crippen LogP contribution in [-0.4, -0.2) is 25.3 Å². The number of hydrogen-bond acceptors (Lipinski definition) is 3. The van der Waals surface area contributed by atoms with Gasteiger partial charge >= 0.3 is 5.97 Å². The summed E-state index contributed by atoms with van der Waals surface area (Å²) >= 11 is 5.94. The molecule has 0 aliphatic rings. The molecule has 0 atom stereocenters. The van der Waals surface area contributed by atoms with Crippen molar-refractivity contribution in [3.8, 4) is 11.5 Å². The molecular weight excluding hydrogens is 232 g/mol. The molecule has 0 unspecified atom stereocenters. The maximum absolute atomic E-state index is 10.4. The van der Waals surface area contributed by atoms with E-state index in [9.17, 15) is 4.79 Å². The summed E-state index contributed by atoms with van der Waals surface area (Å²) in [4.78, 5) is 10.4. The number of methoxy groups -OCH3 is 2. The molecule has 0 fully saturated rings. The predicted molar refractivity (Wildman–Crippen MR) is 61.2 cm³/mol. The van der Waals surface area contributed by atoms with Crippen LogP contribution in [0.3, 0.4) is 0 Å². The molecule has 0 aromatic heterocycles. The first kappa shape index (κ1) is 12.4. The van der Waals surface area contributed by atoms with E-state index in [2.05, 4.69) is 0 Å². The number of halogens is 1. The smallest absolute Gasteiger partial charge is 0.328 e. The largest absolute Gasteiger partial charge is 0.497 e. The highest BCUT2D eigenvalue weighted by Gasteiger charge is 2.08. The first-order chi connectivity index (χ1) is 7.58. The number of carboxylic acids is 1. The Bertz CT molecular complexity index is 426. The van der Waals surface area contributed by atoms with Gasteiger partial charge in [0.2, 0.25) is 0 Å². The van der Waals surface area contributed by atoms with Gasteiger partial charge in [0.1, 0.15) is 11.5 Å². The van der Waals surface area contributed by atoms with Crippen molar-refractivity contribution in [2.24, 2.45) is 0 Å². The fourth-order valence-corrected chi connectivity index (χ4v) is 1.50. The molecular formula is C11H11ClO4. The Balaban J connectivity index is 3.22. The fraction of sp³-hybridized carbons (Fsp3) is 0.182. The van der Waals surface area contributed by atoms with Crippen molar-refractivity contribution in [1.82, 2.24) is 0 Å². The molecule has 0 aliphatic carbocycles. The van der Waals surface area contributed by atoms with Crippen LogP contribution in [0.15, 0.2) is 18.2 Å². The second kappa shape index (κ2) is 5.42. The number of carboxylic acid groups (broad SMARTS) is 1. The Labute approximate surface area is 98.1 Å². The summed E-state index contributed by atoms with van der Waals surface area (Å²) in [6.07, 6.45) is 2.41. The van der Waals surface area contributed by atoms with Crippen molar-refractivity contribution in [1.29, 1.82) is 0 Å². The zero-order chi connectivity index (χ0) is 12.1. The summed E-state index contributed by atoms with van der Waals surface area (Å²) in [7, 11) is 2.97. The van der Waals surface area contributed by atoms with Gasteiger partial charge in [0, 0.05) is 17.7 Å². The average molecular weight is 243 g/mol. The van der Waals surface area contributed by atoms with Crippen molar-refractivity contribution in [3.63, 3.8) is 0 Å². The molecule has 0 radical (unpaired) electrons. The molecule has 16 heavy (non-hydrogen) atoms. The molecule has 0 amide bonds. The molecule has 0 saturated heterocycles. The molecule has 86 valence electrons. The van der Waals surface area contributed by atoms with Gasteiger partial charge in [-0.3, -0.25) is 0 Å². The summed E-state index contributed by atoms with van der Waals surface area (Å²) in [6.45, 7) is 0. The SMILES string of the molecule is COc1cc(Cl)c(OC)c(C=CC(=O)O)c1. The molecule has 0 saturated carbocycles. The minimum Gasteiger partial charge on any atom is -0.497 e. The van der Waals surface area contributed by atoms with Gasteiger partial charge in [-0.1, -0.05) is 11.6 Å². The van der Waals surface area contributed by atoms with E-state index >= 15 is 0 Å². The van der Waals surface area contributed by atoms with Gasteiger partial charge in [0.05, 0.1) is 19.2 Å². The predicted octanol–water partition coefficient (Wildman–Crippen LogP) is 2.46. The number of hydrogen-bond donors (Lipinski definition) is 1. The van der Waals surface area contributed by atoms with Gasteiger partial charge in [-0.25, -0.2) is 4.79 Å². The van der Waals surface area contributed by atoms with E-state index in [0.29, 0.717) is 22.1 Å². The Morgan fingerprint density at radius 1 is 1.38 bits per heavy atom. The van der Waals surface area contributed by atoms with Crippen LogP contribution in [-0.2, 0) is 4.79 Å². The first-order valence-electron chi connectivity index (χ1n) is 4.41. The Morgan fingerprint density at radius 3 is 2.56 bits per heavy atom. The van der Waals surface area contributed by atoms with Gasteiger partial charge < -0.3 is 14.6 Å². The summed E-state index contributed by atoms with van der Waals surface area (Å²) in [5, 5.41) is 8.91. The number of benzene rings is 1. The van der Waals surface area contributed by atoms with Crippen molar-refractivity contribution in [3.05, 3.63) is 28.8 Å². The zero-order valence-electron chi connectivity index (χ0n) is 8.86. The molecule has 4 nitrogen and oxygen atoms in total. The summed E-state index contributed by atoms with van der Waals surface area (Å²) in [6, 6.07) is 3.24. The van der Waals surface area contributed by atoms with Gasteiger partial charge in [-0.2, -0.15) is 0 Å². The normalized spacial score (nSPS) is 10.4. The number of aliphatic carboxylic acids is 1. The van der Waals surface area contributed by atoms with Crippen LogP contribution >= 0.6 is 11.6 Å². The Hall–Kier alpha value is -1.68. The van der Waals surface area contributed by atoms with Gasteiger partial charge in [-0.15, -0.1) is 0 Å². The molecule has 0 heterocycles. The van der Waals surface area contributed by atoms with E-state index in [4.69, 9.17) is 26.2 Å². The van der Waals surface area contributed by atoms with E-state index in [1.165, 1.54) is 20.3 Å². The maximum Gasteiger partial charge on any atom is 0.328 e. The summed E-state index contributed by atoms with van der Waals surface area (Å²) in [5.74, 6) is -0.0863. The molecule has 0 aliphatic heterocycles. The fourth-order valence-electron chi connectivity index (χ4n) is 1.21. The van der Waals surface area contributed by atoms with Gasteiger partial charge in [0.25, 0.3) is 0 Å². The lowest BCUT2D eigenvalue weighted by atomic mass is 10.1. The Morgan fingerprint density at radius 2 is 2.06 bits per heavy atom. The monoisotopic (exact) mass is 242 g/mol. The van der Waals surface area contributed by atoms with Crippen LogP contribution in [0.5, 0.6) is 11.5 Å². The summed E-state index contributed by atoms with van der Waals surface area (Å²) < 4.78 is 10.1. The highest BCUT2D eigenvalue weighted by molar-refractivity contribution is 6.32. The minimum absolute atomic E-state index is 0.367. The lowest BCUT2D eigenvalue weighted by Crippen LogP contribution is -1.92. The molecule has 1 rings (SSSR count). The van der Waals surface area contributed by atoms with E-state index in [0.717, 1.165) is 6.08 Å². The molecule has 1 N–H and O–H groups in total. The van der Waals surface area contributed by atoms with Crippen molar-refractivity contribution >= 4 is 23.6 Å². The van der Waals surface area contributed by atoms with Gasteiger partial charge in [-0.05, 0) is 12.1 Å². The van der Waals surface area contributed by atoms with E-state index < -0.39 is 5.97 Å². The highest BCUT2D eigenvalue weighted by atomic mass is 35.5. The standard InChI is InChI=1S/C11H11ClO4/c1-15-8-5-7(3-4-10(13)14)11(16-2)9(12)6-8/h3-6H,1-2H3,(H,13,14). The second-order valence-electron chi connectivity index (χ2n) is 2.90. The van der Waals surface area contributed by atoms with Crippen LogP contribution in [0, 0.1) is 0 Å². The van der Waals surface area contributed by atoms with Crippen molar-refractivity contribution in [2.75, 3.05) is 14.2 Å². The van der Waals surface area contributed by atoms with Crippen LogP contribution in [0.2, 0.25) is 5.02 Å². The quantitative estimate of drug-likeness (QED) is 0.824. The first-order valence-corrected chi connectivity index (χ1v) is 4.78. The third kappa shape index (κ3) is 2.90.